The smallest absolute Gasteiger partial charge is 0.341 e. The summed E-state index contributed by atoms with van der Waals surface area (Å²) in [5, 5.41) is 5.15. The van der Waals surface area contributed by atoms with Gasteiger partial charge in [0.2, 0.25) is 0 Å². The van der Waals surface area contributed by atoms with Crippen molar-refractivity contribution in [1.29, 1.82) is 0 Å². The quantitative estimate of drug-likeness (QED) is 0.309. The third kappa shape index (κ3) is 6.48. The molecule has 0 bridgehead atoms. The van der Waals surface area contributed by atoms with E-state index in [1.807, 2.05) is 35.7 Å². The van der Waals surface area contributed by atoms with Crippen molar-refractivity contribution in [2.75, 3.05) is 18.5 Å². The van der Waals surface area contributed by atoms with Crippen molar-refractivity contribution in [2.45, 2.75) is 39.5 Å². The SMILES string of the molecule is CCOC(=O)c1c(NC(=O)C(C)OC(=O)/C=C/c2cccs2)sc2c1CCN(Cc1ccccc1)C2. The third-order valence-corrected chi connectivity index (χ3v) is 7.66. The molecule has 9 heteroatoms. The Labute approximate surface area is 218 Å². The summed E-state index contributed by atoms with van der Waals surface area (Å²) in [6.07, 6.45) is 2.59. The first kappa shape index (κ1) is 25.8. The van der Waals surface area contributed by atoms with Crippen molar-refractivity contribution in [1.82, 2.24) is 4.90 Å². The van der Waals surface area contributed by atoms with Crippen molar-refractivity contribution in [2.24, 2.45) is 0 Å². The number of esters is 2. The molecule has 3 heterocycles. The molecule has 1 aliphatic heterocycles. The average Bonchev–Trinajstić information content (AvgIpc) is 3.51. The molecule has 0 aliphatic carbocycles. The van der Waals surface area contributed by atoms with Gasteiger partial charge < -0.3 is 14.8 Å². The van der Waals surface area contributed by atoms with Gasteiger partial charge in [0.1, 0.15) is 5.00 Å². The normalized spacial score (nSPS) is 14.3. The number of ether oxygens (including phenoxy) is 2. The molecule has 1 atom stereocenters. The number of carbonyl (C=O) groups excluding carboxylic acids is 3. The van der Waals surface area contributed by atoms with Gasteiger partial charge in [-0.25, -0.2) is 9.59 Å². The maximum Gasteiger partial charge on any atom is 0.341 e. The van der Waals surface area contributed by atoms with Crippen LogP contribution in [0.2, 0.25) is 0 Å². The fourth-order valence-electron chi connectivity index (χ4n) is 3.96. The lowest BCUT2D eigenvalue weighted by Crippen LogP contribution is -2.30. The van der Waals surface area contributed by atoms with E-state index in [-0.39, 0.29) is 6.61 Å². The van der Waals surface area contributed by atoms with Crippen molar-refractivity contribution in [3.8, 4) is 0 Å². The Morgan fingerprint density at radius 3 is 2.69 bits per heavy atom. The van der Waals surface area contributed by atoms with Gasteiger partial charge in [-0.1, -0.05) is 36.4 Å². The summed E-state index contributed by atoms with van der Waals surface area (Å²) in [5.41, 5.74) is 2.54. The van der Waals surface area contributed by atoms with E-state index in [2.05, 4.69) is 22.3 Å². The van der Waals surface area contributed by atoms with Crippen LogP contribution in [-0.4, -0.2) is 42.0 Å². The van der Waals surface area contributed by atoms with Gasteiger partial charge in [-0.15, -0.1) is 22.7 Å². The highest BCUT2D eigenvalue weighted by Crippen LogP contribution is 2.38. The molecule has 4 rings (SSSR count). The molecule has 0 saturated heterocycles. The maximum absolute atomic E-state index is 12.9. The number of fused-ring (bicyclic) bond motifs is 1. The molecular weight excluding hydrogens is 496 g/mol. The number of nitrogens with one attached hydrogen (secondary N) is 1. The van der Waals surface area contributed by atoms with E-state index in [1.54, 1.807) is 13.0 Å². The molecular formula is C27H28N2O5S2. The molecule has 1 aromatic carbocycles. The summed E-state index contributed by atoms with van der Waals surface area (Å²) < 4.78 is 10.6. The predicted octanol–water partition coefficient (Wildman–Crippen LogP) is 5.13. The number of hydrogen-bond acceptors (Lipinski definition) is 8. The molecule has 188 valence electrons. The van der Waals surface area contributed by atoms with Crippen LogP contribution in [0.4, 0.5) is 5.00 Å². The molecule has 7 nitrogen and oxygen atoms in total. The zero-order chi connectivity index (χ0) is 25.5. The molecule has 3 aromatic rings. The molecule has 1 N–H and O–H groups in total. The van der Waals surface area contributed by atoms with Crippen LogP contribution in [0, 0.1) is 0 Å². The summed E-state index contributed by atoms with van der Waals surface area (Å²) >= 11 is 2.87. The van der Waals surface area contributed by atoms with Crippen molar-refractivity contribution < 1.29 is 23.9 Å². The minimum absolute atomic E-state index is 0.238. The van der Waals surface area contributed by atoms with Gasteiger partial charge in [-0.2, -0.15) is 0 Å². The molecule has 0 saturated carbocycles. The Kier molecular flexibility index (Phi) is 8.69. The van der Waals surface area contributed by atoms with Gasteiger partial charge in [0.25, 0.3) is 5.91 Å². The van der Waals surface area contributed by atoms with E-state index in [1.165, 1.54) is 41.2 Å². The average molecular weight is 525 g/mol. The Hall–Kier alpha value is -3.27. The van der Waals surface area contributed by atoms with Crippen LogP contribution in [0.25, 0.3) is 6.08 Å². The first-order valence-corrected chi connectivity index (χ1v) is 13.4. The van der Waals surface area contributed by atoms with Crippen molar-refractivity contribution in [3.05, 3.63) is 80.4 Å². The summed E-state index contributed by atoms with van der Waals surface area (Å²) in [6.45, 7) is 5.77. The lowest BCUT2D eigenvalue weighted by Gasteiger charge is -2.27. The molecule has 1 aliphatic rings. The van der Waals surface area contributed by atoms with E-state index < -0.39 is 23.9 Å². The number of rotatable bonds is 9. The van der Waals surface area contributed by atoms with E-state index in [9.17, 15) is 14.4 Å². The Balaban J connectivity index is 1.46. The zero-order valence-electron chi connectivity index (χ0n) is 20.2. The third-order valence-electron chi connectivity index (χ3n) is 5.69. The summed E-state index contributed by atoms with van der Waals surface area (Å²) in [6, 6.07) is 14.0. The van der Waals surface area contributed by atoms with Gasteiger partial charge in [-0.05, 0) is 48.9 Å². The predicted molar refractivity (Wildman–Crippen MR) is 142 cm³/mol. The summed E-state index contributed by atoms with van der Waals surface area (Å²) in [5.74, 6) is -1.57. The number of benzene rings is 1. The summed E-state index contributed by atoms with van der Waals surface area (Å²) in [4.78, 5) is 42.1. The molecule has 1 unspecified atom stereocenters. The van der Waals surface area contributed by atoms with Crippen LogP contribution in [0.1, 0.15) is 45.1 Å². The molecule has 1 amide bonds. The number of nitrogens with zero attached hydrogens (tertiary/aromatic N) is 1. The van der Waals surface area contributed by atoms with Gasteiger partial charge in [-0.3, -0.25) is 9.69 Å². The second kappa shape index (κ2) is 12.1. The van der Waals surface area contributed by atoms with Gasteiger partial charge in [0.05, 0.1) is 12.2 Å². The highest BCUT2D eigenvalue weighted by Gasteiger charge is 2.30. The molecule has 0 radical (unpaired) electrons. The number of anilines is 1. The lowest BCUT2D eigenvalue weighted by atomic mass is 10.0. The summed E-state index contributed by atoms with van der Waals surface area (Å²) in [7, 11) is 0. The number of carbonyl (C=O) groups is 3. The second-order valence-electron chi connectivity index (χ2n) is 8.29. The van der Waals surface area contributed by atoms with Gasteiger partial charge in [0.15, 0.2) is 6.10 Å². The topological polar surface area (TPSA) is 84.9 Å². The molecule has 36 heavy (non-hydrogen) atoms. The van der Waals surface area contributed by atoms with Crippen molar-refractivity contribution >= 4 is 51.6 Å². The van der Waals surface area contributed by atoms with E-state index in [4.69, 9.17) is 9.47 Å². The Morgan fingerprint density at radius 1 is 1.17 bits per heavy atom. The minimum atomic E-state index is -1.03. The highest BCUT2D eigenvalue weighted by atomic mass is 32.1. The van der Waals surface area contributed by atoms with Crippen LogP contribution < -0.4 is 5.32 Å². The zero-order valence-corrected chi connectivity index (χ0v) is 21.8. The fraction of sp³-hybridized carbons (Fsp3) is 0.296. The maximum atomic E-state index is 12.9. The Morgan fingerprint density at radius 2 is 1.97 bits per heavy atom. The highest BCUT2D eigenvalue weighted by molar-refractivity contribution is 7.17. The van der Waals surface area contributed by atoms with Crippen LogP contribution in [0.3, 0.4) is 0 Å². The van der Waals surface area contributed by atoms with Crippen LogP contribution >= 0.6 is 22.7 Å². The minimum Gasteiger partial charge on any atom is -0.462 e. The van der Waals surface area contributed by atoms with E-state index >= 15 is 0 Å². The van der Waals surface area contributed by atoms with Crippen molar-refractivity contribution in [3.63, 3.8) is 0 Å². The van der Waals surface area contributed by atoms with E-state index in [0.29, 0.717) is 23.5 Å². The Bertz CT molecular complexity index is 1230. The number of amides is 1. The molecule has 0 fully saturated rings. The van der Waals surface area contributed by atoms with E-state index in [0.717, 1.165) is 28.4 Å². The number of hydrogen-bond donors (Lipinski definition) is 1. The number of thiophene rings is 2. The monoisotopic (exact) mass is 524 g/mol. The van der Waals surface area contributed by atoms with Gasteiger partial charge in [0, 0.05) is 35.5 Å². The lowest BCUT2D eigenvalue weighted by molar-refractivity contribution is -0.148. The largest absolute Gasteiger partial charge is 0.462 e. The van der Waals surface area contributed by atoms with Gasteiger partial charge >= 0.3 is 11.9 Å². The van der Waals surface area contributed by atoms with Crippen LogP contribution in [-0.2, 0) is 38.6 Å². The van der Waals surface area contributed by atoms with Crippen LogP contribution in [0.5, 0.6) is 0 Å². The fourth-order valence-corrected chi connectivity index (χ4v) is 5.86. The standard InChI is InChI=1S/C27H28N2O5S2/c1-3-33-27(32)24-21-13-14-29(16-19-8-5-4-6-9-19)17-22(21)36-26(24)28-25(31)18(2)34-23(30)12-11-20-10-7-15-35-20/h4-12,15,18H,3,13-14,16-17H2,1-2H3,(H,28,31)/b12-11+. The second-order valence-corrected chi connectivity index (χ2v) is 10.4. The molecule has 2 aromatic heterocycles. The first-order chi connectivity index (χ1) is 17.4. The molecule has 0 spiro atoms. The van der Waals surface area contributed by atoms with Crippen LogP contribution in [0.15, 0.2) is 53.9 Å². The first-order valence-electron chi connectivity index (χ1n) is 11.8.